The number of ketones is 1. The third-order valence-corrected chi connectivity index (χ3v) is 7.05. The van der Waals surface area contributed by atoms with Crippen LogP contribution in [0.15, 0.2) is 54.3 Å². The molecule has 0 fully saturated rings. The number of carbonyl (C=O) groups excluding carboxylic acids is 2. The Morgan fingerprint density at radius 2 is 2.00 bits per heavy atom. The molecule has 1 unspecified atom stereocenters. The van der Waals surface area contributed by atoms with Crippen LogP contribution in [-0.2, 0) is 11.3 Å². The Morgan fingerprint density at radius 1 is 1.27 bits per heavy atom. The number of amides is 1. The van der Waals surface area contributed by atoms with Crippen LogP contribution in [0.2, 0.25) is 0 Å². The number of aromatic amines is 1. The monoisotopic (exact) mass is 464 g/mol. The van der Waals surface area contributed by atoms with Crippen LogP contribution in [-0.4, -0.2) is 33.1 Å². The fourth-order valence-corrected chi connectivity index (χ4v) is 5.13. The molecule has 3 heterocycles. The van der Waals surface area contributed by atoms with Crippen LogP contribution in [0.3, 0.4) is 0 Å². The van der Waals surface area contributed by atoms with Gasteiger partial charge in [0.05, 0.1) is 28.2 Å². The van der Waals surface area contributed by atoms with E-state index in [2.05, 4.69) is 23.8 Å². The molecule has 1 aliphatic heterocycles. The van der Waals surface area contributed by atoms with Gasteiger partial charge in [-0.3, -0.25) is 14.6 Å². The van der Waals surface area contributed by atoms with E-state index < -0.39 is 23.5 Å². The molecule has 1 aromatic carbocycles. The third-order valence-electron chi connectivity index (χ3n) is 5.98. The van der Waals surface area contributed by atoms with Gasteiger partial charge in [-0.25, -0.2) is 9.55 Å². The van der Waals surface area contributed by atoms with Gasteiger partial charge in [0.15, 0.2) is 0 Å². The number of aromatic nitrogens is 3. The molecule has 1 N–H and O–H groups in total. The summed E-state index contributed by atoms with van der Waals surface area (Å²) in [5, 5.41) is 13.9. The number of carbonyl (C=O) groups is 2. The number of benzene rings is 1. The summed E-state index contributed by atoms with van der Waals surface area (Å²) in [5.41, 5.74) is 2.55. The first-order valence-electron chi connectivity index (χ1n) is 11.1. The van der Waals surface area contributed by atoms with Gasteiger partial charge in [0, 0.05) is 18.5 Å². The second-order valence-corrected chi connectivity index (χ2v) is 9.85. The van der Waals surface area contributed by atoms with Crippen molar-refractivity contribution >= 4 is 23.0 Å². The van der Waals surface area contributed by atoms with Gasteiger partial charge < -0.3 is 10.0 Å². The Labute approximate surface area is 197 Å². The van der Waals surface area contributed by atoms with Crippen molar-refractivity contribution < 1.29 is 19.3 Å². The Bertz CT molecular complexity index is 1190. The van der Waals surface area contributed by atoms with E-state index in [0.717, 1.165) is 16.1 Å². The molecular formula is C25H28N4O3S. The number of imidazole rings is 1. The fraction of sp³-hybridized carbons (Fsp3) is 0.360. The van der Waals surface area contributed by atoms with E-state index in [9.17, 15) is 14.7 Å². The number of nitrogens with zero attached hydrogens (tertiary/aromatic N) is 3. The molecule has 0 spiro atoms. The highest BCUT2D eigenvalue weighted by Crippen LogP contribution is 2.39. The molecule has 1 amide bonds. The van der Waals surface area contributed by atoms with Gasteiger partial charge in [0.25, 0.3) is 0 Å². The second-order valence-electron chi connectivity index (χ2n) is 8.64. The van der Waals surface area contributed by atoms with Crippen molar-refractivity contribution in [3.63, 3.8) is 0 Å². The quantitative estimate of drug-likeness (QED) is 0.410. The summed E-state index contributed by atoms with van der Waals surface area (Å²) in [4.78, 5) is 35.9. The average Bonchev–Trinajstić information content (AvgIpc) is 3.48. The molecule has 8 heteroatoms. The standard InChI is InChI=1S/C25H28N4O3S/c1-15(2)18-6-8-19(9-7-18)21-20(22(30)24-16(3)27-17(4)33-24)23(31)25(32)29(21)12-5-11-28-13-10-26-14-28/h6-10,13-15,21H,5,11-12H2,1-4H3,(H,30,31). The average molecular weight is 465 g/mol. The Hall–Kier alpha value is -3.26. The van der Waals surface area contributed by atoms with Crippen LogP contribution in [0, 0.1) is 13.8 Å². The zero-order valence-electron chi connectivity index (χ0n) is 19.3. The summed E-state index contributed by atoms with van der Waals surface area (Å²) in [6, 6.07) is 7.17. The lowest BCUT2D eigenvalue weighted by atomic mass is 9.93. The van der Waals surface area contributed by atoms with Crippen molar-refractivity contribution in [3.8, 4) is 0 Å². The molecule has 172 valence electrons. The predicted molar refractivity (Wildman–Crippen MR) is 124 cm³/mol. The van der Waals surface area contributed by atoms with Gasteiger partial charge in [0.1, 0.15) is 12.4 Å². The van der Waals surface area contributed by atoms with Crippen LogP contribution in [0.4, 0.5) is 0 Å². The largest absolute Gasteiger partial charge is 0.868 e. The first-order valence-corrected chi connectivity index (χ1v) is 11.9. The lowest BCUT2D eigenvalue weighted by Gasteiger charge is -2.28. The lowest BCUT2D eigenvalue weighted by Crippen LogP contribution is -2.37. The molecule has 33 heavy (non-hydrogen) atoms. The number of Topliss-reactive ketones (excluding diaryl/α,β-unsaturated/α-hetero) is 1. The van der Waals surface area contributed by atoms with Crippen molar-refractivity contribution in [2.45, 2.75) is 52.6 Å². The number of H-pyrrole nitrogens is 1. The molecule has 1 aliphatic rings. The molecule has 2 aromatic heterocycles. The third kappa shape index (κ3) is 4.48. The molecule has 0 bridgehead atoms. The van der Waals surface area contributed by atoms with E-state index >= 15 is 0 Å². The highest BCUT2D eigenvalue weighted by Gasteiger charge is 2.40. The summed E-state index contributed by atoms with van der Waals surface area (Å²) >= 11 is 1.26. The molecule has 0 saturated heterocycles. The van der Waals surface area contributed by atoms with Crippen molar-refractivity contribution in [1.29, 1.82) is 0 Å². The Kier molecular flexibility index (Phi) is 6.47. The highest BCUT2D eigenvalue weighted by molar-refractivity contribution is 7.14. The minimum Gasteiger partial charge on any atom is -0.868 e. The number of hydrogen-bond acceptors (Lipinski definition) is 5. The number of hydrogen-bond donors (Lipinski definition) is 1. The molecule has 1 atom stereocenters. The van der Waals surface area contributed by atoms with Gasteiger partial charge in [-0.1, -0.05) is 38.1 Å². The molecule has 0 radical (unpaired) electrons. The van der Waals surface area contributed by atoms with Gasteiger partial charge in [-0.2, -0.15) is 0 Å². The van der Waals surface area contributed by atoms with Gasteiger partial charge in [-0.05, 0) is 36.7 Å². The predicted octanol–water partition coefficient (Wildman–Crippen LogP) is 2.97. The van der Waals surface area contributed by atoms with Crippen molar-refractivity contribution in [3.05, 3.63) is 81.0 Å². The minimum absolute atomic E-state index is 0.0262. The molecule has 3 aromatic rings. The zero-order chi connectivity index (χ0) is 23.7. The van der Waals surface area contributed by atoms with Crippen LogP contribution < -0.4 is 9.67 Å². The van der Waals surface area contributed by atoms with Gasteiger partial charge >= 0.3 is 0 Å². The van der Waals surface area contributed by atoms with E-state index in [4.69, 9.17) is 0 Å². The second kappa shape index (κ2) is 9.31. The summed E-state index contributed by atoms with van der Waals surface area (Å²) in [6.45, 7) is 8.87. The van der Waals surface area contributed by atoms with E-state index in [1.807, 2.05) is 54.5 Å². The maximum atomic E-state index is 13.5. The Morgan fingerprint density at radius 3 is 2.58 bits per heavy atom. The number of aryl methyl sites for hydroxylation is 3. The highest BCUT2D eigenvalue weighted by atomic mass is 32.1. The maximum absolute atomic E-state index is 13.5. The summed E-state index contributed by atoms with van der Waals surface area (Å²) in [6.07, 6.45) is 6.24. The van der Waals surface area contributed by atoms with Crippen LogP contribution in [0.1, 0.15) is 63.7 Å². The number of thiazole rings is 1. The summed E-state index contributed by atoms with van der Waals surface area (Å²) in [7, 11) is 0. The number of nitrogens with one attached hydrogen (secondary N) is 1. The fourth-order valence-electron chi connectivity index (χ4n) is 4.26. The topological polar surface area (TPSA) is 93.0 Å². The first-order chi connectivity index (χ1) is 15.8. The molecule has 0 saturated carbocycles. The van der Waals surface area contributed by atoms with Crippen molar-refractivity contribution in [2.24, 2.45) is 0 Å². The minimum atomic E-state index is -0.710. The van der Waals surface area contributed by atoms with Gasteiger partial charge in [-0.15, -0.1) is 11.3 Å². The molecular weight excluding hydrogens is 436 g/mol. The molecule has 4 rings (SSSR count). The van der Waals surface area contributed by atoms with Gasteiger partial charge in [0.2, 0.25) is 18.0 Å². The SMILES string of the molecule is Cc1nc(C)c(C(=O)C2=C([O-])C(=O)N(CCC[n+]3cc[nH]c3)C2c2ccc(C(C)C)cc2)s1. The molecule has 7 nitrogen and oxygen atoms in total. The maximum Gasteiger partial charge on any atom is 0.241 e. The first kappa shape index (κ1) is 22.9. The lowest BCUT2D eigenvalue weighted by molar-refractivity contribution is -0.695. The smallest absolute Gasteiger partial charge is 0.241 e. The summed E-state index contributed by atoms with van der Waals surface area (Å²) < 4.78 is 1.98. The summed E-state index contributed by atoms with van der Waals surface area (Å²) in [5.74, 6) is -1.36. The van der Waals surface area contributed by atoms with E-state index in [-0.39, 0.29) is 5.57 Å². The zero-order valence-corrected chi connectivity index (χ0v) is 20.1. The van der Waals surface area contributed by atoms with Crippen molar-refractivity contribution in [2.75, 3.05) is 6.54 Å². The molecule has 0 aliphatic carbocycles. The van der Waals surface area contributed by atoms with Crippen LogP contribution >= 0.6 is 11.3 Å². The van der Waals surface area contributed by atoms with E-state index in [0.29, 0.717) is 36.0 Å². The van der Waals surface area contributed by atoms with Crippen LogP contribution in [0.5, 0.6) is 0 Å². The van der Waals surface area contributed by atoms with E-state index in [1.54, 1.807) is 11.8 Å². The normalized spacial score (nSPS) is 16.3. The van der Waals surface area contributed by atoms with Crippen LogP contribution in [0.25, 0.3) is 0 Å². The Balaban J connectivity index is 1.70. The van der Waals surface area contributed by atoms with E-state index in [1.165, 1.54) is 11.3 Å². The van der Waals surface area contributed by atoms with Crippen molar-refractivity contribution in [1.82, 2.24) is 14.9 Å². The number of rotatable bonds is 8.